The Hall–Kier alpha value is -1.81. The van der Waals surface area contributed by atoms with E-state index in [2.05, 4.69) is 25.2 Å². The van der Waals surface area contributed by atoms with Crippen molar-refractivity contribution >= 4 is 29.1 Å². The smallest absolute Gasteiger partial charge is 0.246 e. The number of anilines is 1. The summed E-state index contributed by atoms with van der Waals surface area (Å²) >= 11 is 6.29. The molecular formula is C26H33ClN2O2. The van der Waals surface area contributed by atoms with Crippen molar-refractivity contribution in [2.75, 3.05) is 12.4 Å². The van der Waals surface area contributed by atoms with Gasteiger partial charge in [-0.1, -0.05) is 43.7 Å². The van der Waals surface area contributed by atoms with E-state index in [1.165, 1.54) is 0 Å². The van der Waals surface area contributed by atoms with Crippen LogP contribution in [0, 0.1) is 34.5 Å². The molecule has 3 fully saturated rings. The van der Waals surface area contributed by atoms with Gasteiger partial charge in [0.15, 0.2) is 0 Å². The van der Waals surface area contributed by atoms with E-state index in [0.717, 1.165) is 38.5 Å². The Kier molecular flexibility index (Phi) is 5.00. The maximum Gasteiger partial charge on any atom is 0.246 e. The van der Waals surface area contributed by atoms with Crippen molar-refractivity contribution in [3.05, 3.63) is 41.4 Å². The van der Waals surface area contributed by atoms with Crippen LogP contribution in [0.1, 0.15) is 52.4 Å². The van der Waals surface area contributed by atoms with Gasteiger partial charge in [0.25, 0.3) is 0 Å². The summed E-state index contributed by atoms with van der Waals surface area (Å²) in [6.07, 6.45) is 10.5. The second-order valence-electron chi connectivity index (χ2n) is 10.8. The van der Waals surface area contributed by atoms with E-state index in [9.17, 15) is 9.59 Å². The first-order valence-electron chi connectivity index (χ1n) is 11.8. The molecule has 3 saturated carbocycles. The molecule has 1 aromatic carbocycles. The minimum atomic E-state index is 0.0337. The van der Waals surface area contributed by atoms with Gasteiger partial charge >= 0.3 is 0 Å². The van der Waals surface area contributed by atoms with Crippen LogP contribution in [0.4, 0.5) is 5.69 Å². The summed E-state index contributed by atoms with van der Waals surface area (Å²) in [5.74, 6) is 2.08. The average Bonchev–Trinajstić information content (AvgIpc) is 3.10. The number of likely N-dealkylation sites (N-methyl/N-ethyl adjacent to an activating group) is 1. The van der Waals surface area contributed by atoms with Gasteiger partial charge < -0.3 is 10.2 Å². The predicted octanol–water partition coefficient (Wildman–Crippen LogP) is 5.53. The van der Waals surface area contributed by atoms with Crippen LogP contribution in [0.5, 0.6) is 0 Å². The first-order valence-corrected chi connectivity index (χ1v) is 12.1. The number of rotatable bonds is 2. The van der Waals surface area contributed by atoms with E-state index in [1.54, 1.807) is 6.08 Å². The van der Waals surface area contributed by atoms with E-state index < -0.39 is 0 Å². The van der Waals surface area contributed by atoms with Crippen molar-refractivity contribution in [1.29, 1.82) is 0 Å². The van der Waals surface area contributed by atoms with Crippen molar-refractivity contribution in [3.63, 3.8) is 0 Å². The third kappa shape index (κ3) is 3.08. The van der Waals surface area contributed by atoms with Gasteiger partial charge in [0.2, 0.25) is 11.8 Å². The molecule has 2 amide bonds. The fourth-order valence-electron chi connectivity index (χ4n) is 7.95. The summed E-state index contributed by atoms with van der Waals surface area (Å²) in [7, 11) is 1.96. The number of nitrogens with one attached hydrogen (secondary N) is 1. The Bertz CT molecular complexity index is 945. The van der Waals surface area contributed by atoms with Crippen molar-refractivity contribution in [2.45, 2.75) is 58.4 Å². The van der Waals surface area contributed by atoms with E-state index in [-0.39, 0.29) is 28.6 Å². The quantitative estimate of drug-likeness (QED) is 0.656. The van der Waals surface area contributed by atoms with Crippen LogP contribution in [0.2, 0.25) is 5.02 Å². The molecule has 0 aromatic heterocycles. The summed E-state index contributed by atoms with van der Waals surface area (Å²) in [6, 6.07) is 7.79. The molecule has 5 rings (SSSR count). The predicted molar refractivity (Wildman–Crippen MR) is 124 cm³/mol. The van der Waals surface area contributed by atoms with Crippen molar-refractivity contribution in [1.82, 2.24) is 4.90 Å². The van der Waals surface area contributed by atoms with Crippen LogP contribution in [-0.2, 0) is 9.59 Å². The highest BCUT2D eigenvalue weighted by Crippen LogP contribution is 2.65. The fourth-order valence-corrected chi connectivity index (χ4v) is 8.13. The second kappa shape index (κ2) is 7.37. The monoisotopic (exact) mass is 440 g/mol. The Morgan fingerprint density at radius 1 is 1.10 bits per heavy atom. The molecule has 7 atom stereocenters. The standard InChI is InChI=1S/C26H33ClN2O2/c1-25-14-12-18-16(8-11-22-26(18,2)15-13-23(30)29(22)3)17(25)9-10-19(25)24(31)28-21-7-5-4-6-20(21)27/h4-7,13,15-19,22H,8-12,14H2,1-3H3,(H,28,31)/t16?,17?,18?,19?,22?,25-,26-/m1/s1. The third-order valence-corrected chi connectivity index (χ3v) is 9.91. The number of benzene rings is 1. The fraction of sp³-hybridized carbons (Fsp3) is 0.615. The van der Waals surface area contributed by atoms with Gasteiger partial charge in [0.05, 0.1) is 10.7 Å². The molecule has 5 heteroatoms. The molecule has 1 aromatic rings. The summed E-state index contributed by atoms with van der Waals surface area (Å²) < 4.78 is 0. The molecule has 0 spiro atoms. The number of hydrogen-bond donors (Lipinski definition) is 1. The number of nitrogens with zero attached hydrogens (tertiary/aromatic N) is 1. The van der Waals surface area contributed by atoms with Crippen LogP contribution in [-0.4, -0.2) is 29.8 Å². The number of fused-ring (bicyclic) bond motifs is 5. The van der Waals surface area contributed by atoms with Gasteiger partial charge in [-0.25, -0.2) is 0 Å². The normalized spacial score (nSPS) is 41.4. The van der Waals surface area contributed by atoms with Crippen molar-refractivity contribution in [3.8, 4) is 0 Å². The van der Waals surface area contributed by atoms with Crippen LogP contribution in [0.15, 0.2) is 36.4 Å². The minimum absolute atomic E-state index is 0.0337. The lowest BCUT2D eigenvalue weighted by Crippen LogP contribution is -2.59. The van der Waals surface area contributed by atoms with Crippen LogP contribution < -0.4 is 5.32 Å². The molecule has 4 aliphatic rings. The van der Waals surface area contributed by atoms with E-state index in [1.807, 2.05) is 36.2 Å². The first kappa shape index (κ1) is 21.1. The minimum Gasteiger partial charge on any atom is -0.338 e. The zero-order valence-electron chi connectivity index (χ0n) is 18.7. The molecule has 1 aliphatic heterocycles. The van der Waals surface area contributed by atoms with E-state index >= 15 is 0 Å². The number of amides is 2. The van der Waals surface area contributed by atoms with Crippen LogP contribution in [0.3, 0.4) is 0 Å². The zero-order chi connectivity index (χ0) is 22.0. The molecule has 4 nitrogen and oxygen atoms in total. The largest absolute Gasteiger partial charge is 0.338 e. The zero-order valence-corrected chi connectivity index (χ0v) is 19.5. The summed E-state index contributed by atoms with van der Waals surface area (Å²) in [5.41, 5.74) is 0.795. The lowest BCUT2D eigenvalue weighted by molar-refractivity contribution is -0.141. The second-order valence-corrected chi connectivity index (χ2v) is 11.2. The highest BCUT2D eigenvalue weighted by molar-refractivity contribution is 6.33. The molecule has 0 radical (unpaired) electrons. The molecule has 166 valence electrons. The number of hydrogen-bond acceptors (Lipinski definition) is 2. The SMILES string of the molecule is CN1C(=O)C=C[C@]2(C)C3CC[C@@]4(C)C(C(=O)Nc5ccccc5Cl)CCC4C3CCC12. The van der Waals surface area contributed by atoms with Crippen LogP contribution in [0.25, 0.3) is 0 Å². The van der Waals surface area contributed by atoms with Gasteiger partial charge in [-0.15, -0.1) is 0 Å². The Balaban J connectivity index is 1.38. The lowest BCUT2D eigenvalue weighted by Gasteiger charge is -2.60. The molecule has 3 aliphatic carbocycles. The highest BCUT2D eigenvalue weighted by atomic mass is 35.5. The van der Waals surface area contributed by atoms with Gasteiger partial charge in [0.1, 0.15) is 0 Å². The molecular weight excluding hydrogens is 408 g/mol. The molecule has 1 heterocycles. The van der Waals surface area contributed by atoms with Gasteiger partial charge in [-0.05, 0) is 79.9 Å². The van der Waals surface area contributed by atoms with Crippen molar-refractivity contribution < 1.29 is 9.59 Å². The lowest BCUT2D eigenvalue weighted by atomic mass is 9.47. The summed E-state index contributed by atoms with van der Waals surface area (Å²) in [6.45, 7) is 4.73. The summed E-state index contributed by atoms with van der Waals surface area (Å²) in [4.78, 5) is 27.6. The van der Waals surface area contributed by atoms with Crippen molar-refractivity contribution in [2.24, 2.45) is 34.5 Å². The van der Waals surface area contributed by atoms with E-state index in [0.29, 0.717) is 34.5 Å². The number of carbonyl (C=O) groups excluding carboxylic acids is 2. The van der Waals surface area contributed by atoms with Gasteiger partial charge in [0, 0.05) is 24.4 Å². The highest BCUT2D eigenvalue weighted by Gasteiger charge is 2.61. The van der Waals surface area contributed by atoms with Gasteiger partial charge in [-0.3, -0.25) is 9.59 Å². The molecule has 31 heavy (non-hydrogen) atoms. The van der Waals surface area contributed by atoms with Crippen LogP contribution >= 0.6 is 11.6 Å². The molecule has 0 saturated heterocycles. The maximum atomic E-state index is 13.3. The average molecular weight is 441 g/mol. The number of para-hydroxylation sites is 1. The maximum absolute atomic E-state index is 13.3. The first-order chi connectivity index (χ1) is 14.8. The topological polar surface area (TPSA) is 49.4 Å². The number of carbonyl (C=O) groups is 2. The third-order valence-electron chi connectivity index (χ3n) is 9.58. The Morgan fingerprint density at radius 2 is 1.87 bits per heavy atom. The Labute approximate surface area is 190 Å². The molecule has 5 unspecified atom stereocenters. The number of halogens is 1. The van der Waals surface area contributed by atoms with E-state index in [4.69, 9.17) is 11.6 Å². The Morgan fingerprint density at radius 3 is 2.65 bits per heavy atom. The molecule has 1 N–H and O–H groups in total. The molecule has 0 bridgehead atoms. The summed E-state index contributed by atoms with van der Waals surface area (Å²) in [5, 5.41) is 3.71. The van der Waals surface area contributed by atoms with Gasteiger partial charge in [-0.2, -0.15) is 0 Å².